The van der Waals surface area contributed by atoms with Gasteiger partial charge in [0.05, 0.1) is 6.10 Å². The van der Waals surface area contributed by atoms with E-state index in [0.717, 1.165) is 23.7 Å². The molecule has 1 aliphatic carbocycles. The summed E-state index contributed by atoms with van der Waals surface area (Å²) in [6, 6.07) is 8.35. The lowest BCUT2D eigenvalue weighted by Gasteiger charge is -2.30. The third kappa shape index (κ3) is 3.73. The van der Waals surface area contributed by atoms with Gasteiger partial charge in [0.25, 0.3) is 0 Å². The molecule has 0 saturated heterocycles. The molecule has 1 saturated carbocycles. The quantitative estimate of drug-likeness (QED) is 0.850. The first kappa shape index (κ1) is 14.4. The Morgan fingerprint density at radius 3 is 2.79 bits per heavy atom. The van der Waals surface area contributed by atoms with Crippen LogP contribution in [0.1, 0.15) is 64.0 Å². The van der Waals surface area contributed by atoms with Crippen molar-refractivity contribution in [1.29, 1.82) is 0 Å². The highest BCUT2D eigenvalue weighted by molar-refractivity contribution is 5.35. The van der Waals surface area contributed by atoms with Gasteiger partial charge in [0.1, 0.15) is 5.75 Å². The van der Waals surface area contributed by atoms with Gasteiger partial charge in [0.2, 0.25) is 0 Å². The molecule has 0 spiro atoms. The van der Waals surface area contributed by atoms with Crippen LogP contribution in [-0.2, 0) is 0 Å². The second kappa shape index (κ2) is 6.95. The number of hydrogen-bond donors (Lipinski definition) is 1. The highest BCUT2D eigenvalue weighted by atomic mass is 16.5. The summed E-state index contributed by atoms with van der Waals surface area (Å²) < 4.78 is 6.26. The van der Waals surface area contributed by atoms with E-state index in [0.29, 0.717) is 6.10 Å². The number of benzene rings is 1. The molecule has 0 bridgehead atoms. The molecular formula is C17H27NO. The van der Waals surface area contributed by atoms with Crippen LogP contribution in [0.4, 0.5) is 0 Å². The molecule has 0 heterocycles. The topological polar surface area (TPSA) is 35.2 Å². The molecule has 0 radical (unpaired) electrons. The number of hydrogen-bond acceptors (Lipinski definition) is 2. The maximum atomic E-state index is 6.26. The van der Waals surface area contributed by atoms with Gasteiger partial charge in [0, 0.05) is 11.6 Å². The van der Waals surface area contributed by atoms with Crippen molar-refractivity contribution in [3.05, 3.63) is 29.8 Å². The fourth-order valence-electron chi connectivity index (χ4n) is 3.01. The van der Waals surface area contributed by atoms with Crippen molar-refractivity contribution < 1.29 is 4.74 Å². The number of rotatable bonds is 5. The zero-order valence-corrected chi connectivity index (χ0v) is 12.3. The second-order valence-corrected chi connectivity index (χ2v) is 5.73. The summed E-state index contributed by atoms with van der Waals surface area (Å²) in [4.78, 5) is 0. The standard InChI is InChI=1S/C17H27NO/c1-3-13-8-7-9-14(12-13)19-17-11-6-5-10-15(17)16(18)4-2/h5-6,10-11,13-14,16H,3-4,7-9,12,18H2,1-2H3/t13?,14?,16-/m0/s1. The van der Waals surface area contributed by atoms with Gasteiger partial charge < -0.3 is 10.5 Å². The normalized spacial score (nSPS) is 25.0. The Hall–Kier alpha value is -1.02. The number of nitrogens with two attached hydrogens (primary N) is 1. The summed E-state index contributed by atoms with van der Waals surface area (Å²) in [6.07, 6.45) is 7.65. The smallest absolute Gasteiger partial charge is 0.124 e. The summed E-state index contributed by atoms with van der Waals surface area (Å²) >= 11 is 0. The third-order valence-corrected chi connectivity index (χ3v) is 4.36. The van der Waals surface area contributed by atoms with E-state index in [4.69, 9.17) is 10.5 Å². The summed E-state index contributed by atoms with van der Waals surface area (Å²) in [6.45, 7) is 4.41. The minimum atomic E-state index is 0.0850. The second-order valence-electron chi connectivity index (χ2n) is 5.73. The van der Waals surface area contributed by atoms with E-state index in [1.807, 2.05) is 12.1 Å². The average molecular weight is 261 g/mol. The molecule has 1 aromatic rings. The molecule has 0 aliphatic heterocycles. The van der Waals surface area contributed by atoms with Crippen LogP contribution in [0, 0.1) is 5.92 Å². The molecule has 2 rings (SSSR count). The van der Waals surface area contributed by atoms with E-state index in [9.17, 15) is 0 Å². The Balaban J connectivity index is 2.06. The van der Waals surface area contributed by atoms with Crippen LogP contribution in [-0.4, -0.2) is 6.10 Å². The summed E-state index contributed by atoms with van der Waals surface area (Å²) in [5.74, 6) is 1.84. The van der Waals surface area contributed by atoms with Crippen LogP contribution in [0.25, 0.3) is 0 Å². The molecule has 0 aromatic heterocycles. The predicted octanol–water partition coefficient (Wildman–Crippen LogP) is 4.44. The summed E-state index contributed by atoms with van der Waals surface area (Å²) in [5.41, 5.74) is 7.33. The minimum Gasteiger partial charge on any atom is -0.490 e. The maximum absolute atomic E-state index is 6.26. The molecule has 3 atom stereocenters. The van der Waals surface area contributed by atoms with Crippen molar-refractivity contribution in [2.75, 3.05) is 0 Å². The van der Waals surface area contributed by atoms with Gasteiger partial charge in [-0.3, -0.25) is 0 Å². The van der Waals surface area contributed by atoms with Crippen LogP contribution in [0.5, 0.6) is 5.75 Å². The SMILES string of the molecule is CCC1CCCC(Oc2ccccc2[C@@H](N)CC)C1. The molecule has 1 aromatic carbocycles. The lowest BCUT2D eigenvalue weighted by atomic mass is 9.85. The first-order chi connectivity index (χ1) is 9.24. The van der Waals surface area contributed by atoms with Gasteiger partial charge in [0.15, 0.2) is 0 Å². The van der Waals surface area contributed by atoms with Gasteiger partial charge >= 0.3 is 0 Å². The van der Waals surface area contributed by atoms with Crippen molar-refractivity contribution in [1.82, 2.24) is 0 Å². The van der Waals surface area contributed by atoms with Crippen molar-refractivity contribution in [2.24, 2.45) is 11.7 Å². The van der Waals surface area contributed by atoms with E-state index in [1.165, 1.54) is 32.1 Å². The Bertz CT molecular complexity index is 391. The molecule has 2 nitrogen and oxygen atoms in total. The molecule has 2 N–H and O–H groups in total. The zero-order valence-electron chi connectivity index (χ0n) is 12.3. The molecule has 2 heteroatoms. The molecule has 106 valence electrons. The van der Waals surface area contributed by atoms with Gasteiger partial charge in [-0.05, 0) is 37.7 Å². The van der Waals surface area contributed by atoms with E-state index in [1.54, 1.807) is 0 Å². The monoisotopic (exact) mass is 261 g/mol. The fraction of sp³-hybridized carbons (Fsp3) is 0.647. The largest absolute Gasteiger partial charge is 0.490 e. The maximum Gasteiger partial charge on any atom is 0.124 e. The summed E-state index contributed by atoms with van der Waals surface area (Å²) in [5, 5.41) is 0. The molecule has 0 amide bonds. The van der Waals surface area contributed by atoms with Gasteiger partial charge in [-0.2, -0.15) is 0 Å². The summed E-state index contributed by atoms with van der Waals surface area (Å²) in [7, 11) is 0. The average Bonchev–Trinajstić information content (AvgIpc) is 2.47. The van der Waals surface area contributed by atoms with E-state index in [-0.39, 0.29) is 6.04 Å². The van der Waals surface area contributed by atoms with E-state index in [2.05, 4.69) is 26.0 Å². The first-order valence-corrected chi connectivity index (χ1v) is 7.75. The Morgan fingerprint density at radius 2 is 2.05 bits per heavy atom. The van der Waals surface area contributed by atoms with Crippen LogP contribution >= 0.6 is 0 Å². The molecular weight excluding hydrogens is 234 g/mol. The Labute approximate surface area is 117 Å². The predicted molar refractivity (Wildman–Crippen MR) is 80.3 cm³/mol. The Kier molecular flexibility index (Phi) is 5.26. The van der Waals surface area contributed by atoms with E-state index >= 15 is 0 Å². The lowest BCUT2D eigenvalue weighted by Crippen LogP contribution is -2.26. The van der Waals surface area contributed by atoms with Crippen molar-refractivity contribution >= 4 is 0 Å². The van der Waals surface area contributed by atoms with E-state index < -0.39 is 0 Å². The zero-order chi connectivity index (χ0) is 13.7. The van der Waals surface area contributed by atoms with Gasteiger partial charge in [-0.1, -0.05) is 44.9 Å². The fourth-order valence-corrected chi connectivity index (χ4v) is 3.01. The lowest BCUT2D eigenvalue weighted by molar-refractivity contribution is 0.120. The first-order valence-electron chi connectivity index (χ1n) is 7.75. The van der Waals surface area contributed by atoms with Gasteiger partial charge in [-0.25, -0.2) is 0 Å². The minimum absolute atomic E-state index is 0.0850. The molecule has 1 aliphatic rings. The van der Waals surface area contributed by atoms with Crippen LogP contribution in [0.15, 0.2) is 24.3 Å². The van der Waals surface area contributed by atoms with Crippen molar-refractivity contribution in [3.63, 3.8) is 0 Å². The highest BCUT2D eigenvalue weighted by Gasteiger charge is 2.23. The molecule has 1 fully saturated rings. The van der Waals surface area contributed by atoms with Crippen LogP contribution in [0.2, 0.25) is 0 Å². The van der Waals surface area contributed by atoms with Crippen LogP contribution in [0.3, 0.4) is 0 Å². The highest BCUT2D eigenvalue weighted by Crippen LogP contribution is 2.32. The number of para-hydroxylation sites is 1. The third-order valence-electron chi connectivity index (χ3n) is 4.36. The van der Waals surface area contributed by atoms with Gasteiger partial charge in [-0.15, -0.1) is 0 Å². The molecule has 2 unspecified atom stereocenters. The Morgan fingerprint density at radius 1 is 1.26 bits per heavy atom. The van der Waals surface area contributed by atoms with Crippen molar-refractivity contribution in [3.8, 4) is 5.75 Å². The van der Waals surface area contributed by atoms with Crippen molar-refractivity contribution in [2.45, 2.75) is 64.5 Å². The van der Waals surface area contributed by atoms with Crippen LogP contribution < -0.4 is 10.5 Å². The molecule has 19 heavy (non-hydrogen) atoms. The number of ether oxygens (including phenoxy) is 1.